The first-order valence-corrected chi connectivity index (χ1v) is 21.3. The highest BCUT2D eigenvalue weighted by Gasteiger charge is 2.31. The molecular formula is C46H60N6. The number of aromatic nitrogens is 4. The predicted molar refractivity (Wildman–Crippen MR) is 218 cm³/mol. The van der Waals surface area contributed by atoms with Gasteiger partial charge in [-0.3, -0.25) is 9.80 Å². The van der Waals surface area contributed by atoms with Crippen molar-refractivity contribution in [3.05, 3.63) is 69.3 Å². The van der Waals surface area contributed by atoms with Gasteiger partial charge < -0.3 is 9.97 Å². The zero-order valence-electron chi connectivity index (χ0n) is 31.9. The highest BCUT2D eigenvalue weighted by atomic mass is 15.2. The minimum atomic E-state index is 0.336. The van der Waals surface area contributed by atoms with Crippen LogP contribution in [0.2, 0.25) is 0 Å². The van der Waals surface area contributed by atoms with Crippen LogP contribution in [0.4, 0.5) is 0 Å². The lowest BCUT2D eigenvalue weighted by Crippen LogP contribution is -2.34. The van der Waals surface area contributed by atoms with E-state index in [4.69, 9.17) is 9.97 Å². The Labute approximate surface area is 311 Å². The molecule has 4 fully saturated rings. The van der Waals surface area contributed by atoms with Crippen LogP contribution in [0.5, 0.6) is 0 Å². The van der Waals surface area contributed by atoms with Gasteiger partial charge >= 0.3 is 0 Å². The lowest BCUT2D eigenvalue weighted by atomic mass is 9.83. The number of piperidine rings is 2. The normalized spacial score (nSPS) is 23.8. The van der Waals surface area contributed by atoms with Crippen molar-refractivity contribution in [2.75, 3.05) is 26.2 Å². The standard InChI is InChI=1S/C46H60N6/c1-3-51-29-13-11-19-41(51)45-37-25-21-33(47-37)43(31-15-7-5-8-16-31)35-23-27-39(49-35)46(42-20-12-14-30-52(42)4-2)40-28-24-36(50-40)44(32-17-9-6-10-18-32)34-22-26-38(45)48-34/h21-28,31-32,41-42,47-48H,3-20,29-30H2,1-2H3. The Bertz CT molecular complexity index is 1870. The van der Waals surface area contributed by atoms with Crippen LogP contribution in [-0.2, 0) is 0 Å². The van der Waals surface area contributed by atoms with E-state index in [2.05, 4.69) is 82.2 Å². The largest absolute Gasteiger partial charge is 0.355 e. The van der Waals surface area contributed by atoms with Crippen molar-refractivity contribution in [3.8, 4) is 0 Å². The fraction of sp³-hybridized carbons (Fsp3) is 0.565. The number of nitrogens with one attached hydrogen (secondary N) is 2. The first-order valence-electron chi connectivity index (χ1n) is 21.3. The number of H-pyrrole nitrogens is 2. The Morgan fingerprint density at radius 1 is 0.462 bits per heavy atom. The number of nitrogens with zero attached hydrogens (tertiary/aromatic N) is 4. The number of aromatic amines is 2. The van der Waals surface area contributed by atoms with Crippen LogP contribution in [0.15, 0.2) is 24.3 Å². The summed E-state index contributed by atoms with van der Waals surface area (Å²) >= 11 is 0. The predicted octanol–water partition coefficient (Wildman–Crippen LogP) is 11.8. The first kappa shape index (κ1) is 34.3. The van der Waals surface area contributed by atoms with E-state index in [1.807, 2.05) is 0 Å². The van der Waals surface area contributed by atoms with E-state index in [1.54, 1.807) is 0 Å². The summed E-state index contributed by atoms with van der Waals surface area (Å²) < 4.78 is 0. The van der Waals surface area contributed by atoms with Crippen molar-refractivity contribution in [2.45, 2.75) is 141 Å². The van der Waals surface area contributed by atoms with Crippen LogP contribution in [0.1, 0.15) is 186 Å². The molecule has 2 unspecified atom stereocenters. The molecule has 3 aromatic rings. The molecule has 2 saturated carbocycles. The van der Waals surface area contributed by atoms with Crippen molar-refractivity contribution in [2.24, 2.45) is 0 Å². The molecule has 2 saturated heterocycles. The molecule has 6 nitrogen and oxygen atoms in total. The van der Waals surface area contributed by atoms with Gasteiger partial charge in [-0.25, -0.2) is 9.97 Å². The highest BCUT2D eigenvalue weighted by molar-refractivity contribution is 5.84. The van der Waals surface area contributed by atoms with E-state index in [0.29, 0.717) is 23.9 Å². The second-order valence-corrected chi connectivity index (χ2v) is 16.6. The quantitative estimate of drug-likeness (QED) is 0.185. The van der Waals surface area contributed by atoms with Crippen LogP contribution in [0.25, 0.3) is 46.4 Å². The maximum Gasteiger partial charge on any atom is 0.0707 e. The topological polar surface area (TPSA) is 63.8 Å². The Balaban J connectivity index is 1.38. The van der Waals surface area contributed by atoms with Crippen molar-refractivity contribution >= 4 is 46.4 Å². The number of rotatable bonds is 6. The average molecular weight is 697 g/mol. The third-order valence-corrected chi connectivity index (χ3v) is 13.6. The van der Waals surface area contributed by atoms with Gasteiger partial charge in [0.15, 0.2) is 0 Å². The number of likely N-dealkylation sites (tertiary alicyclic amines) is 2. The lowest BCUT2D eigenvalue weighted by molar-refractivity contribution is 0.156. The van der Waals surface area contributed by atoms with Gasteiger partial charge in [-0.1, -0.05) is 65.2 Å². The summed E-state index contributed by atoms with van der Waals surface area (Å²) in [5, 5.41) is 0. The second kappa shape index (κ2) is 15.1. The Kier molecular flexibility index (Phi) is 9.96. The minimum Gasteiger partial charge on any atom is -0.355 e. The van der Waals surface area contributed by atoms with Crippen LogP contribution >= 0.6 is 0 Å². The van der Waals surface area contributed by atoms with E-state index in [0.717, 1.165) is 42.4 Å². The Morgan fingerprint density at radius 2 is 0.827 bits per heavy atom. The summed E-state index contributed by atoms with van der Waals surface area (Å²) in [7, 11) is 0. The molecule has 8 bridgehead atoms. The van der Waals surface area contributed by atoms with Gasteiger partial charge in [-0.15, -0.1) is 0 Å². The average Bonchev–Trinajstić information content (AvgIpc) is 4.04. The van der Waals surface area contributed by atoms with Gasteiger partial charge in [0.2, 0.25) is 0 Å². The van der Waals surface area contributed by atoms with Gasteiger partial charge in [0.25, 0.3) is 0 Å². The smallest absolute Gasteiger partial charge is 0.0707 e. The molecule has 0 radical (unpaired) electrons. The minimum absolute atomic E-state index is 0.336. The van der Waals surface area contributed by atoms with E-state index in [9.17, 15) is 0 Å². The molecule has 0 amide bonds. The van der Waals surface area contributed by atoms with Crippen LogP contribution in [-0.4, -0.2) is 55.9 Å². The fourth-order valence-corrected chi connectivity index (χ4v) is 11.0. The number of fused-ring (bicyclic) bond motifs is 8. The maximum absolute atomic E-state index is 5.65. The van der Waals surface area contributed by atoms with E-state index < -0.39 is 0 Å². The van der Waals surface area contributed by atoms with Crippen LogP contribution in [0, 0.1) is 0 Å². The number of hydrogen-bond acceptors (Lipinski definition) is 4. The molecule has 7 heterocycles. The van der Waals surface area contributed by atoms with Gasteiger partial charge in [0, 0.05) is 56.4 Å². The molecule has 274 valence electrons. The fourth-order valence-electron chi connectivity index (χ4n) is 11.0. The second-order valence-electron chi connectivity index (χ2n) is 16.6. The van der Waals surface area contributed by atoms with Crippen LogP contribution < -0.4 is 0 Å². The zero-order chi connectivity index (χ0) is 35.0. The molecule has 6 heteroatoms. The highest BCUT2D eigenvalue weighted by Crippen LogP contribution is 2.43. The van der Waals surface area contributed by atoms with Gasteiger partial charge in [0.05, 0.1) is 22.8 Å². The Morgan fingerprint density at radius 3 is 1.25 bits per heavy atom. The summed E-state index contributed by atoms with van der Waals surface area (Å²) in [6.07, 6.45) is 29.7. The van der Waals surface area contributed by atoms with Crippen molar-refractivity contribution in [1.29, 1.82) is 0 Å². The molecular weight excluding hydrogens is 637 g/mol. The van der Waals surface area contributed by atoms with Gasteiger partial charge in [-0.2, -0.15) is 0 Å². The zero-order valence-corrected chi connectivity index (χ0v) is 31.9. The third-order valence-electron chi connectivity index (χ3n) is 13.6. The summed E-state index contributed by atoms with van der Waals surface area (Å²) in [4.78, 5) is 24.9. The van der Waals surface area contributed by atoms with Crippen molar-refractivity contribution in [3.63, 3.8) is 0 Å². The molecule has 6 aliphatic rings. The van der Waals surface area contributed by atoms with Crippen LogP contribution in [0.3, 0.4) is 0 Å². The molecule has 2 aliphatic carbocycles. The third kappa shape index (κ3) is 6.42. The summed E-state index contributed by atoms with van der Waals surface area (Å²) in [5.41, 5.74) is 15.3. The van der Waals surface area contributed by atoms with E-state index in [-0.39, 0.29) is 0 Å². The number of hydrogen-bond donors (Lipinski definition) is 2. The van der Waals surface area contributed by atoms with E-state index in [1.165, 1.54) is 154 Å². The molecule has 2 atom stereocenters. The molecule has 3 aromatic heterocycles. The molecule has 0 spiro atoms. The van der Waals surface area contributed by atoms with Crippen molar-refractivity contribution in [1.82, 2.24) is 29.7 Å². The summed E-state index contributed by atoms with van der Waals surface area (Å²) in [6.45, 7) is 9.12. The van der Waals surface area contributed by atoms with Gasteiger partial charge in [0.1, 0.15) is 0 Å². The summed E-state index contributed by atoms with van der Waals surface area (Å²) in [6, 6.07) is 10.3. The summed E-state index contributed by atoms with van der Waals surface area (Å²) in [5.74, 6) is 1.04. The SMILES string of the molecule is CCN1CCCCC1c1c2nc(c(C3CCCCC3)c3ccc([nH]3)c(C3CCCCN3CC)c3ccc([nH]3)c(C3CCCCC3)c3nc1C=C3)C=C2. The molecule has 0 aromatic carbocycles. The van der Waals surface area contributed by atoms with Gasteiger partial charge in [-0.05, 0) is 138 Å². The molecule has 4 aliphatic heterocycles. The van der Waals surface area contributed by atoms with E-state index >= 15 is 0 Å². The monoisotopic (exact) mass is 696 g/mol. The molecule has 2 N–H and O–H groups in total. The lowest BCUT2D eigenvalue weighted by Gasteiger charge is -2.35. The molecule has 9 rings (SSSR count). The molecule has 52 heavy (non-hydrogen) atoms. The Hall–Kier alpha value is -3.48. The van der Waals surface area contributed by atoms with Crippen molar-refractivity contribution < 1.29 is 0 Å². The first-order chi connectivity index (χ1) is 25.7. The maximum atomic E-state index is 5.65.